The Morgan fingerprint density at radius 1 is 1.00 bits per heavy atom. The highest BCUT2D eigenvalue weighted by Crippen LogP contribution is 2.30. The minimum atomic E-state index is -0.367. The number of likely N-dealkylation sites (N-methyl/N-ethyl adjacent to an activating group) is 1. The van der Waals surface area contributed by atoms with Crippen LogP contribution in [0.2, 0.25) is 0 Å². The lowest BCUT2D eigenvalue weighted by molar-refractivity contribution is 0.312. The van der Waals surface area contributed by atoms with E-state index in [0.29, 0.717) is 5.71 Å². The van der Waals surface area contributed by atoms with E-state index >= 15 is 0 Å². The zero-order valence-electron chi connectivity index (χ0n) is 14.5. The number of aryl methyl sites for hydroxylation is 1. The van der Waals surface area contributed by atoms with E-state index in [4.69, 9.17) is 4.42 Å². The first-order valence-corrected chi connectivity index (χ1v) is 8.56. The van der Waals surface area contributed by atoms with E-state index < -0.39 is 0 Å². The minimum absolute atomic E-state index is 0.367. The lowest BCUT2D eigenvalue weighted by Gasteiger charge is -2.33. The number of rotatable bonds is 2. The maximum atomic E-state index is 12.1. The van der Waals surface area contributed by atoms with Gasteiger partial charge in [0.25, 0.3) is 0 Å². The Labute approximate surface area is 146 Å². The number of piperazine rings is 1. The molecule has 1 fully saturated rings. The number of anilines is 1. The predicted molar refractivity (Wildman–Crippen MR) is 100 cm³/mol. The van der Waals surface area contributed by atoms with Gasteiger partial charge in [-0.25, -0.2) is 4.79 Å². The van der Waals surface area contributed by atoms with Gasteiger partial charge >= 0.3 is 5.63 Å². The molecule has 0 saturated carbocycles. The summed E-state index contributed by atoms with van der Waals surface area (Å²) in [6.45, 7) is 5.91. The van der Waals surface area contributed by atoms with Gasteiger partial charge in [-0.1, -0.05) is 24.3 Å². The molecule has 2 aromatic heterocycles. The average molecular weight is 335 g/mol. The van der Waals surface area contributed by atoms with Gasteiger partial charge in [0.05, 0.1) is 0 Å². The van der Waals surface area contributed by atoms with Crippen LogP contribution in [0.5, 0.6) is 0 Å². The van der Waals surface area contributed by atoms with Crippen molar-refractivity contribution in [1.82, 2.24) is 9.88 Å². The highest BCUT2D eigenvalue weighted by atomic mass is 16.4. The van der Waals surface area contributed by atoms with Crippen LogP contribution in [0, 0.1) is 6.92 Å². The molecule has 4 rings (SSSR count). The summed E-state index contributed by atoms with van der Waals surface area (Å²) in [6.07, 6.45) is 0. The van der Waals surface area contributed by atoms with Crippen LogP contribution >= 0.6 is 0 Å². The highest BCUT2D eigenvalue weighted by Gasteiger charge is 2.17. The molecule has 0 spiro atoms. The normalized spacial score (nSPS) is 15.7. The summed E-state index contributed by atoms with van der Waals surface area (Å²) in [6, 6.07) is 13.6. The third-order valence-electron chi connectivity index (χ3n) is 4.86. The summed E-state index contributed by atoms with van der Waals surface area (Å²) in [5, 5.41) is 0.867. The molecular weight excluding hydrogens is 314 g/mol. The van der Waals surface area contributed by atoms with Crippen molar-refractivity contribution in [3.63, 3.8) is 0 Å². The van der Waals surface area contributed by atoms with Crippen molar-refractivity contribution in [3.8, 4) is 11.1 Å². The van der Waals surface area contributed by atoms with Crippen LogP contribution in [-0.4, -0.2) is 43.1 Å². The van der Waals surface area contributed by atoms with Crippen molar-refractivity contribution in [2.24, 2.45) is 0 Å². The lowest BCUT2D eigenvalue weighted by Crippen LogP contribution is -2.44. The summed E-state index contributed by atoms with van der Waals surface area (Å²) in [4.78, 5) is 21.3. The summed E-state index contributed by atoms with van der Waals surface area (Å²) < 4.78 is 5.41. The summed E-state index contributed by atoms with van der Waals surface area (Å²) >= 11 is 0. The third-order valence-corrected chi connectivity index (χ3v) is 4.86. The standard InChI is InChI=1S/C20H21N3O2/c1-14-5-3-4-6-15(14)17-13-19(24)25-20-16(17)7-8-18(21-20)23-11-9-22(2)10-12-23/h3-8,13H,9-12H2,1-2H3. The number of hydrogen-bond donors (Lipinski definition) is 0. The Bertz CT molecular complexity index is 972. The third kappa shape index (κ3) is 3.03. The van der Waals surface area contributed by atoms with Crippen molar-refractivity contribution in [2.45, 2.75) is 6.92 Å². The first kappa shape index (κ1) is 15.8. The maximum Gasteiger partial charge on any atom is 0.338 e. The molecule has 5 heteroatoms. The molecule has 3 aromatic rings. The molecule has 5 nitrogen and oxygen atoms in total. The van der Waals surface area contributed by atoms with Crippen LogP contribution in [0.3, 0.4) is 0 Å². The van der Waals surface area contributed by atoms with Crippen molar-refractivity contribution in [1.29, 1.82) is 0 Å². The van der Waals surface area contributed by atoms with E-state index in [0.717, 1.165) is 54.1 Å². The van der Waals surface area contributed by atoms with Gasteiger partial charge in [0.15, 0.2) is 0 Å². The van der Waals surface area contributed by atoms with Crippen LogP contribution in [-0.2, 0) is 0 Å². The molecule has 0 aliphatic carbocycles. The summed E-state index contributed by atoms with van der Waals surface area (Å²) in [5.41, 5.74) is 3.07. The summed E-state index contributed by atoms with van der Waals surface area (Å²) in [5.74, 6) is 0.866. The molecule has 0 unspecified atom stereocenters. The number of fused-ring (bicyclic) bond motifs is 1. The van der Waals surface area contributed by atoms with Crippen LogP contribution in [0.1, 0.15) is 5.56 Å². The molecule has 1 aliphatic rings. The van der Waals surface area contributed by atoms with E-state index in [1.807, 2.05) is 43.3 Å². The molecule has 1 aromatic carbocycles. The fourth-order valence-electron chi connectivity index (χ4n) is 3.34. The molecule has 0 radical (unpaired) electrons. The SMILES string of the molecule is Cc1ccccc1-c1cc(=O)oc2nc(N3CCN(C)CC3)ccc12. The second-order valence-corrected chi connectivity index (χ2v) is 6.61. The molecule has 1 aliphatic heterocycles. The van der Waals surface area contributed by atoms with Crippen LogP contribution in [0.15, 0.2) is 51.7 Å². The van der Waals surface area contributed by atoms with E-state index in [1.165, 1.54) is 0 Å². The van der Waals surface area contributed by atoms with E-state index in [9.17, 15) is 4.79 Å². The molecule has 128 valence electrons. The molecule has 0 N–H and O–H groups in total. The van der Waals surface area contributed by atoms with E-state index in [1.54, 1.807) is 6.07 Å². The smallest absolute Gasteiger partial charge is 0.338 e. The Hall–Kier alpha value is -2.66. The van der Waals surface area contributed by atoms with Gasteiger partial charge < -0.3 is 14.2 Å². The Balaban J connectivity index is 1.82. The van der Waals surface area contributed by atoms with E-state index in [2.05, 4.69) is 21.8 Å². The van der Waals surface area contributed by atoms with Gasteiger partial charge in [-0.2, -0.15) is 4.98 Å². The first-order valence-electron chi connectivity index (χ1n) is 8.56. The second-order valence-electron chi connectivity index (χ2n) is 6.61. The predicted octanol–water partition coefficient (Wildman–Crippen LogP) is 2.92. The fraction of sp³-hybridized carbons (Fsp3) is 0.300. The van der Waals surface area contributed by atoms with Gasteiger partial charge in [-0.3, -0.25) is 0 Å². The first-order chi connectivity index (χ1) is 12.1. The van der Waals surface area contributed by atoms with Gasteiger partial charge in [-0.05, 0) is 37.2 Å². The summed E-state index contributed by atoms with van der Waals surface area (Å²) in [7, 11) is 2.12. The van der Waals surface area contributed by atoms with Crippen LogP contribution in [0.25, 0.3) is 22.2 Å². The lowest BCUT2D eigenvalue weighted by atomic mass is 9.99. The van der Waals surface area contributed by atoms with Gasteiger partial charge in [0.2, 0.25) is 5.71 Å². The molecule has 0 amide bonds. The molecular formula is C20H21N3O2. The van der Waals surface area contributed by atoms with Gasteiger partial charge in [0, 0.05) is 43.2 Å². The molecule has 25 heavy (non-hydrogen) atoms. The van der Waals surface area contributed by atoms with Crippen molar-refractivity contribution in [3.05, 3.63) is 58.4 Å². The van der Waals surface area contributed by atoms with Crippen molar-refractivity contribution >= 4 is 16.9 Å². The van der Waals surface area contributed by atoms with Gasteiger partial charge in [-0.15, -0.1) is 0 Å². The zero-order chi connectivity index (χ0) is 17.4. The number of pyridine rings is 1. The Kier molecular flexibility index (Phi) is 4.01. The molecule has 0 atom stereocenters. The number of nitrogens with zero attached hydrogens (tertiary/aromatic N) is 3. The molecule has 1 saturated heterocycles. The van der Waals surface area contributed by atoms with Crippen LogP contribution < -0.4 is 10.5 Å². The van der Waals surface area contributed by atoms with Crippen molar-refractivity contribution in [2.75, 3.05) is 38.1 Å². The zero-order valence-corrected chi connectivity index (χ0v) is 14.5. The Morgan fingerprint density at radius 2 is 1.76 bits per heavy atom. The maximum absolute atomic E-state index is 12.1. The largest absolute Gasteiger partial charge is 0.404 e. The highest BCUT2D eigenvalue weighted by molar-refractivity contribution is 5.92. The molecule has 0 bridgehead atoms. The van der Waals surface area contributed by atoms with E-state index in [-0.39, 0.29) is 5.63 Å². The second kappa shape index (κ2) is 6.33. The van der Waals surface area contributed by atoms with Crippen LogP contribution in [0.4, 0.5) is 5.82 Å². The number of benzene rings is 1. The minimum Gasteiger partial charge on any atom is -0.404 e. The monoisotopic (exact) mass is 335 g/mol. The van der Waals surface area contributed by atoms with Crippen molar-refractivity contribution < 1.29 is 4.42 Å². The quantitative estimate of drug-likeness (QED) is 0.721. The topological polar surface area (TPSA) is 49.6 Å². The fourth-order valence-corrected chi connectivity index (χ4v) is 3.34. The Morgan fingerprint density at radius 3 is 2.52 bits per heavy atom. The number of hydrogen-bond acceptors (Lipinski definition) is 5. The molecule has 3 heterocycles. The van der Waals surface area contributed by atoms with Gasteiger partial charge in [0.1, 0.15) is 5.82 Å². The average Bonchev–Trinajstić information content (AvgIpc) is 2.61. The number of aromatic nitrogens is 1.